The molecule has 4 nitrogen and oxygen atoms in total. The van der Waals surface area contributed by atoms with Crippen molar-refractivity contribution >= 4 is 38.2 Å². The summed E-state index contributed by atoms with van der Waals surface area (Å²) in [7, 11) is 0. The molecule has 6 heteroatoms. The molecule has 0 bridgehead atoms. The first-order chi connectivity index (χ1) is 9.06. The van der Waals surface area contributed by atoms with Gasteiger partial charge in [0.05, 0.1) is 5.56 Å². The highest BCUT2D eigenvalue weighted by Gasteiger charge is 2.13. The zero-order chi connectivity index (χ0) is 13.6. The quantitative estimate of drug-likeness (QED) is 0.524. The highest BCUT2D eigenvalue weighted by atomic mass is 79.9. The molecule has 0 saturated heterocycles. The molecule has 0 saturated carbocycles. The number of rotatable bonds is 1. The van der Waals surface area contributed by atoms with Crippen molar-refractivity contribution in [3.8, 4) is 21.9 Å². The number of hydrogen-bond acceptors (Lipinski definition) is 5. The third-order valence-electron chi connectivity index (χ3n) is 2.69. The third kappa shape index (κ3) is 2.02. The number of halogens is 1. The Bertz CT molecular complexity index is 834. The van der Waals surface area contributed by atoms with Gasteiger partial charge in [-0.2, -0.15) is 0 Å². The molecule has 2 N–H and O–H groups in total. The van der Waals surface area contributed by atoms with Gasteiger partial charge in [-0.3, -0.25) is 0 Å². The van der Waals surface area contributed by atoms with Crippen molar-refractivity contribution < 1.29 is 14.6 Å². The van der Waals surface area contributed by atoms with Crippen LogP contribution in [0.5, 0.6) is 11.5 Å². The highest BCUT2D eigenvalue weighted by molar-refractivity contribution is 9.10. The summed E-state index contributed by atoms with van der Waals surface area (Å²) in [6, 6.07) is 6.40. The monoisotopic (exact) mass is 338 g/mol. The van der Waals surface area contributed by atoms with E-state index in [2.05, 4.69) is 15.9 Å². The lowest BCUT2D eigenvalue weighted by Gasteiger charge is -2.03. The molecule has 0 atom stereocenters. The van der Waals surface area contributed by atoms with Crippen molar-refractivity contribution in [2.45, 2.75) is 0 Å². The number of phenolic OH excluding ortho intramolecular Hbond substituents is 2. The summed E-state index contributed by atoms with van der Waals surface area (Å²) in [5.41, 5.74) is -0.139. The van der Waals surface area contributed by atoms with Gasteiger partial charge in [0.15, 0.2) is 11.3 Å². The fourth-order valence-electron chi connectivity index (χ4n) is 1.79. The summed E-state index contributed by atoms with van der Waals surface area (Å²) in [5, 5.41) is 21.5. The summed E-state index contributed by atoms with van der Waals surface area (Å²) >= 11 is 4.74. The Hall–Kier alpha value is -1.79. The van der Waals surface area contributed by atoms with Crippen molar-refractivity contribution in [2.24, 2.45) is 0 Å². The Morgan fingerprint density at radius 2 is 2.00 bits per heavy atom. The summed E-state index contributed by atoms with van der Waals surface area (Å²) in [6.45, 7) is 0. The van der Waals surface area contributed by atoms with Gasteiger partial charge in [-0.1, -0.05) is 0 Å². The Labute approximate surface area is 119 Å². The van der Waals surface area contributed by atoms with Crippen molar-refractivity contribution in [1.29, 1.82) is 0 Å². The second kappa shape index (κ2) is 4.40. The fraction of sp³-hybridized carbons (Fsp3) is 0. The van der Waals surface area contributed by atoms with Gasteiger partial charge in [-0.05, 0) is 40.2 Å². The molecule has 0 fully saturated rings. The molecule has 3 aromatic rings. The first kappa shape index (κ1) is 12.3. The molecule has 0 radical (unpaired) electrons. The van der Waals surface area contributed by atoms with Crippen molar-refractivity contribution in [2.75, 3.05) is 0 Å². The van der Waals surface area contributed by atoms with Gasteiger partial charge in [-0.25, -0.2) is 4.79 Å². The number of phenols is 2. The number of thiophene rings is 1. The van der Waals surface area contributed by atoms with Gasteiger partial charge < -0.3 is 14.6 Å². The van der Waals surface area contributed by atoms with Crippen LogP contribution < -0.4 is 5.63 Å². The van der Waals surface area contributed by atoms with Crippen LogP contribution in [0.15, 0.2) is 43.3 Å². The maximum atomic E-state index is 11.9. The Kier molecular flexibility index (Phi) is 2.83. The molecule has 96 valence electrons. The summed E-state index contributed by atoms with van der Waals surface area (Å²) in [4.78, 5) is 12.7. The number of hydrogen-bond donors (Lipinski definition) is 2. The smallest absolute Gasteiger partial charge is 0.345 e. The van der Waals surface area contributed by atoms with E-state index in [1.165, 1.54) is 17.4 Å². The summed E-state index contributed by atoms with van der Waals surface area (Å²) in [6.07, 6.45) is 0. The first-order valence-electron chi connectivity index (χ1n) is 5.29. The predicted octanol–water partition coefficient (Wildman–Crippen LogP) is 3.70. The van der Waals surface area contributed by atoms with Crippen LogP contribution >= 0.6 is 27.3 Å². The molecular formula is C13H7BrO4S. The largest absolute Gasteiger partial charge is 0.504 e. The molecule has 0 unspecified atom stereocenters. The van der Waals surface area contributed by atoms with Crippen molar-refractivity contribution in [1.82, 2.24) is 0 Å². The van der Waals surface area contributed by atoms with Crippen LogP contribution in [0.2, 0.25) is 0 Å². The van der Waals surface area contributed by atoms with Crippen LogP contribution in [0.4, 0.5) is 0 Å². The average Bonchev–Trinajstić information content (AvgIpc) is 2.81. The van der Waals surface area contributed by atoms with Crippen LogP contribution in [0.25, 0.3) is 21.4 Å². The highest BCUT2D eigenvalue weighted by Crippen LogP contribution is 2.35. The maximum absolute atomic E-state index is 11.9. The van der Waals surface area contributed by atoms with E-state index in [0.29, 0.717) is 10.9 Å². The van der Waals surface area contributed by atoms with Crippen molar-refractivity contribution in [3.63, 3.8) is 0 Å². The van der Waals surface area contributed by atoms with Crippen LogP contribution in [0, 0.1) is 0 Å². The molecule has 0 aliphatic rings. The first-order valence-corrected chi connectivity index (χ1v) is 6.97. The van der Waals surface area contributed by atoms with E-state index in [9.17, 15) is 15.0 Å². The number of fused-ring (bicyclic) bond motifs is 1. The predicted molar refractivity (Wildman–Crippen MR) is 76.8 cm³/mol. The molecule has 0 spiro atoms. The fourth-order valence-corrected chi connectivity index (χ4v) is 3.22. The number of benzene rings is 1. The third-order valence-corrected chi connectivity index (χ3v) is 4.41. The van der Waals surface area contributed by atoms with Gasteiger partial charge in [0.25, 0.3) is 0 Å². The summed E-state index contributed by atoms with van der Waals surface area (Å²) < 4.78 is 5.98. The Morgan fingerprint density at radius 3 is 2.68 bits per heavy atom. The van der Waals surface area contributed by atoms with Crippen LogP contribution in [-0.4, -0.2) is 10.2 Å². The second-order valence-corrected chi connectivity index (χ2v) is 5.76. The van der Waals surface area contributed by atoms with Crippen LogP contribution in [0.1, 0.15) is 0 Å². The molecule has 0 aliphatic carbocycles. The van der Waals surface area contributed by atoms with Gasteiger partial charge in [-0.15, -0.1) is 11.3 Å². The Morgan fingerprint density at radius 1 is 1.21 bits per heavy atom. The van der Waals surface area contributed by atoms with Crippen LogP contribution in [-0.2, 0) is 0 Å². The zero-order valence-electron chi connectivity index (χ0n) is 9.38. The van der Waals surface area contributed by atoms with E-state index in [1.54, 1.807) is 12.1 Å². The minimum Gasteiger partial charge on any atom is -0.504 e. The van der Waals surface area contributed by atoms with Crippen molar-refractivity contribution in [3.05, 3.63) is 44.5 Å². The van der Waals surface area contributed by atoms with E-state index in [-0.39, 0.29) is 11.3 Å². The van der Waals surface area contributed by atoms with E-state index in [0.717, 1.165) is 9.35 Å². The van der Waals surface area contributed by atoms with E-state index in [1.807, 2.05) is 11.4 Å². The van der Waals surface area contributed by atoms with E-state index < -0.39 is 11.4 Å². The maximum Gasteiger partial charge on any atom is 0.345 e. The standard InChI is InChI=1S/C13H7BrO4S/c14-7-4-10(19-5-7)8-3-6-1-2-9(15)11(16)12(6)18-13(8)17/h1-5,15-16H. The summed E-state index contributed by atoms with van der Waals surface area (Å²) in [5.74, 6) is -0.740. The molecule has 2 heterocycles. The van der Waals surface area contributed by atoms with Gasteiger partial charge >= 0.3 is 5.63 Å². The molecule has 3 rings (SSSR count). The van der Waals surface area contributed by atoms with E-state index in [4.69, 9.17) is 4.42 Å². The molecule has 2 aromatic heterocycles. The lowest BCUT2D eigenvalue weighted by atomic mass is 10.1. The van der Waals surface area contributed by atoms with Gasteiger partial charge in [0.1, 0.15) is 0 Å². The molecule has 19 heavy (non-hydrogen) atoms. The average molecular weight is 339 g/mol. The molecule has 0 aliphatic heterocycles. The Balaban J connectivity index is 2.32. The lowest BCUT2D eigenvalue weighted by Crippen LogP contribution is -2.01. The number of aromatic hydroxyl groups is 2. The molecule has 0 amide bonds. The molecular weight excluding hydrogens is 332 g/mol. The van der Waals surface area contributed by atoms with Crippen LogP contribution in [0.3, 0.4) is 0 Å². The van der Waals surface area contributed by atoms with Gasteiger partial charge in [0, 0.05) is 20.1 Å². The molecule has 1 aromatic carbocycles. The van der Waals surface area contributed by atoms with E-state index >= 15 is 0 Å². The topological polar surface area (TPSA) is 70.7 Å². The SMILES string of the molecule is O=c1oc2c(O)c(O)ccc2cc1-c1cc(Br)cs1. The minimum absolute atomic E-state index is 0.00984. The normalized spacial score (nSPS) is 11.0. The lowest BCUT2D eigenvalue weighted by molar-refractivity contribution is 0.398. The zero-order valence-corrected chi connectivity index (χ0v) is 11.8. The van der Waals surface area contributed by atoms with Gasteiger partial charge in [0.2, 0.25) is 5.75 Å². The second-order valence-electron chi connectivity index (χ2n) is 3.93. The minimum atomic E-state index is -0.553.